The highest BCUT2D eigenvalue weighted by Crippen LogP contribution is 2.43. The highest BCUT2D eigenvalue weighted by Gasteiger charge is 2.32. The van der Waals surface area contributed by atoms with Crippen molar-refractivity contribution in [2.45, 2.75) is 24.7 Å². The number of rotatable bonds is 9. The summed E-state index contributed by atoms with van der Waals surface area (Å²) in [6.07, 6.45) is -0.978. The second kappa shape index (κ2) is 7.47. The number of carboxylic acids is 1. The summed E-state index contributed by atoms with van der Waals surface area (Å²) in [6.45, 7) is -0.371. The maximum absolute atomic E-state index is 11.2. The normalized spacial score (nSPS) is 16.1. The van der Waals surface area contributed by atoms with Crippen LogP contribution < -0.4 is 11.1 Å². The Morgan fingerprint density at radius 2 is 1.74 bits per heavy atom. The summed E-state index contributed by atoms with van der Waals surface area (Å²) in [5, 5.41) is 10.9. The van der Waals surface area contributed by atoms with Crippen molar-refractivity contribution in [3.63, 3.8) is 0 Å². The predicted octanol–water partition coefficient (Wildman–Crippen LogP) is -1.55. The van der Waals surface area contributed by atoms with E-state index in [9.17, 15) is 13.9 Å². The van der Waals surface area contributed by atoms with E-state index in [4.69, 9.17) is 30.4 Å². The first kappa shape index (κ1) is 18.7. The van der Waals surface area contributed by atoms with Crippen LogP contribution in [0.2, 0.25) is 0 Å². The largest absolute Gasteiger partial charge is 0.480 e. The molecule has 0 radical (unpaired) electrons. The second-order valence-electron chi connectivity index (χ2n) is 3.93. The first-order chi connectivity index (χ1) is 8.47. The van der Waals surface area contributed by atoms with Gasteiger partial charge in [0.1, 0.15) is 11.8 Å². The average Bonchev–Trinajstić information content (AvgIpc) is 2.19. The maximum atomic E-state index is 11.2. The van der Waals surface area contributed by atoms with E-state index in [0.29, 0.717) is 0 Å². The molecular formula is C7H18N2O8P2. The van der Waals surface area contributed by atoms with Gasteiger partial charge in [-0.2, -0.15) is 0 Å². The van der Waals surface area contributed by atoms with Gasteiger partial charge < -0.3 is 30.4 Å². The quantitative estimate of drug-likeness (QED) is 0.245. The van der Waals surface area contributed by atoms with Gasteiger partial charge >= 0.3 is 21.2 Å². The summed E-state index contributed by atoms with van der Waals surface area (Å²) >= 11 is 0. The molecule has 8 N–H and O–H groups in total. The molecule has 10 nitrogen and oxygen atoms in total. The first-order valence-corrected chi connectivity index (χ1v) is 8.74. The van der Waals surface area contributed by atoms with Crippen molar-refractivity contribution in [1.82, 2.24) is 5.32 Å². The van der Waals surface area contributed by atoms with Gasteiger partial charge in [-0.3, -0.25) is 19.2 Å². The number of carboxylic acid groups (broad SMARTS) is 1. The average molecular weight is 320 g/mol. The molecule has 2 atom stereocenters. The molecule has 0 aromatic rings. The highest BCUT2D eigenvalue weighted by molar-refractivity contribution is 7.52. The van der Waals surface area contributed by atoms with Crippen LogP contribution in [0.3, 0.4) is 0 Å². The molecule has 0 aromatic carbocycles. The molecule has 19 heavy (non-hydrogen) atoms. The van der Waals surface area contributed by atoms with Gasteiger partial charge in [-0.25, -0.2) is 0 Å². The van der Waals surface area contributed by atoms with Gasteiger partial charge in [0.15, 0.2) is 0 Å². The van der Waals surface area contributed by atoms with E-state index in [-0.39, 0.29) is 19.4 Å². The zero-order chi connectivity index (χ0) is 15.3. The number of aliphatic carboxylic acids is 1. The van der Waals surface area contributed by atoms with Crippen molar-refractivity contribution in [3.05, 3.63) is 0 Å². The van der Waals surface area contributed by atoms with Crippen molar-refractivity contribution >= 4 is 21.2 Å². The molecule has 0 saturated carbocycles. The maximum Gasteiger partial charge on any atom is 0.342 e. The molecule has 0 aliphatic rings. The number of nitrogens with two attached hydrogens (primary N) is 1. The van der Waals surface area contributed by atoms with Gasteiger partial charge in [0, 0.05) is 12.7 Å². The van der Waals surface area contributed by atoms with E-state index in [2.05, 4.69) is 5.32 Å². The lowest BCUT2D eigenvalue weighted by Gasteiger charge is -2.23. The molecule has 12 heteroatoms. The Bertz CT molecular complexity index is 391. The SMILES string of the molecule is NCC(NC(CCCP(=O)(O)O)P(=O)(O)O)C(=O)O. The van der Waals surface area contributed by atoms with Crippen molar-refractivity contribution in [3.8, 4) is 0 Å². The van der Waals surface area contributed by atoms with Gasteiger partial charge in [-0.05, 0) is 12.8 Å². The van der Waals surface area contributed by atoms with Crippen LogP contribution in [0.4, 0.5) is 0 Å². The summed E-state index contributed by atoms with van der Waals surface area (Å²) in [5.41, 5.74) is 5.14. The minimum Gasteiger partial charge on any atom is -0.480 e. The van der Waals surface area contributed by atoms with Crippen LogP contribution in [-0.4, -0.2) is 55.2 Å². The van der Waals surface area contributed by atoms with Crippen molar-refractivity contribution in [2.24, 2.45) is 5.73 Å². The molecule has 114 valence electrons. The number of nitrogens with one attached hydrogen (secondary N) is 1. The minimum atomic E-state index is -4.65. The second-order valence-corrected chi connectivity index (χ2v) is 7.51. The summed E-state index contributed by atoms with van der Waals surface area (Å²) in [5.74, 6) is -2.88. The molecule has 0 aromatic heterocycles. The molecule has 0 aliphatic heterocycles. The van der Waals surface area contributed by atoms with Gasteiger partial charge in [0.2, 0.25) is 0 Å². The standard InChI is InChI=1S/C7H18N2O8P2/c8-4-5(7(10)11)9-6(19(15,16)17)2-1-3-18(12,13)14/h5-6,9H,1-4,8H2,(H,10,11)(H2,12,13,14)(H2,15,16,17). The van der Waals surface area contributed by atoms with E-state index >= 15 is 0 Å². The van der Waals surface area contributed by atoms with E-state index < -0.39 is 39.1 Å². The summed E-state index contributed by atoms with van der Waals surface area (Å²) in [7, 11) is -8.90. The highest BCUT2D eigenvalue weighted by atomic mass is 31.2. The lowest BCUT2D eigenvalue weighted by atomic mass is 10.2. The molecule has 0 bridgehead atoms. The van der Waals surface area contributed by atoms with E-state index in [1.54, 1.807) is 0 Å². The monoisotopic (exact) mass is 320 g/mol. The topological polar surface area (TPSA) is 190 Å². The van der Waals surface area contributed by atoms with Gasteiger partial charge in [-0.1, -0.05) is 0 Å². The number of carbonyl (C=O) groups is 1. The molecule has 2 unspecified atom stereocenters. The number of hydrogen-bond acceptors (Lipinski definition) is 5. The van der Waals surface area contributed by atoms with E-state index in [0.717, 1.165) is 0 Å². The van der Waals surface area contributed by atoms with Crippen LogP contribution in [-0.2, 0) is 13.9 Å². The fourth-order valence-electron chi connectivity index (χ4n) is 1.31. The fraction of sp³-hybridized carbons (Fsp3) is 0.857. The molecular weight excluding hydrogens is 302 g/mol. The molecule has 0 heterocycles. The first-order valence-electron chi connectivity index (χ1n) is 5.26. The molecule has 0 aliphatic carbocycles. The third-order valence-electron chi connectivity index (χ3n) is 2.26. The van der Waals surface area contributed by atoms with Gasteiger partial charge in [0.05, 0.1) is 0 Å². The van der Waals surface area contributed by atoms with Crippen LogP contribution in [0.25, 0.3) is 0 Å². The lowest BCUT2D eigenvalue weighted by molar-refractivity contribution is -0.139. The molecule has 0 fully saturated rings. The van der Waals surface area contributed by atoms with Crippen LogP contribution in [0, 0.1) is 0 Å². The van der Waals surface area contributed by atoms with Gasteiger partial charge in [0.25, 0.3) is 0 Å². The zero-order valence-electron chi connectivity index (χ0n) is 9.92. The third kappa shape index (κ3) is 8.46. The molecule has 0 spiro atoms. The summed E-state index contributed by atoms with van der Waals surface area (Å²) < 4.78 is 21.8. The Kier molecular flexibility index (Phi) is 7.34. The predicted molar refractivity (Wildman–Crippen MR) is 65.6 cm³/mol. The number of hydrogen-bond donors (Lipinski definition) is 7. The van der Waals surface area contributed by atoms with Crippen LogP contribution >= 0.6 is 15.2 Å². The molecule has 0 saturated heterocycles. The smallest absolute Gasteiger partial charge is 0.342 e. The van der Waals surface area contributed by atoms with Crippen molar-refractivity contribution < 1.29 is 38.6 Å². The van der Waals surface area contributed by atoms with Gasteiger partial charge in [-0.15, -0.1) is 0 Å². The van der Waals surface area contributed by atoms with Crippen molar-refractivity contribution in [1.29, 1.82) is 0 Å². The Morgan fingerprint density at radius 1 is 1.21 bits per heavy atom. The van der Waals surface area contributed by atoms with E-state index in [1.165, 1.54) is 0 Å². The Hall–Kier alpha value is -0.310. The molecule has 0 rings (SSSR count). The van der Waals surface area contributed by atoms with Crippen LogP contribution in [0.1, 0.15) is 12.8 Å². The summed E-state index contributed by atoms with van der Waals surface area (Å²) in [4.78, 5) is 46.1. The third-order valence-corrected chi connectivity index (χ3v) is 4.38. The zero-order valence-corrected chi connectivity index (χ0v) is 11.7. The Balaban J connectivity index is 4.62. The summed E-state index contributed by atoms with van der Waals surface area (Å²) in [6, 6.07) is -1.34. The Labute approximate surface area is 109 Å². The Morgan fingerprint density at radius 3 is 2.05 bits per heavy atom. The molecule has 0 amide bonds. The van der Waals surface area contributed by atoms with Crippen molar-refractivity contribution in [2.75, 3.05) is 12.7 Å². The van der Waals surface area contributed by atoms with Crippen LogP contribution in [0.5, 0.6) is 0 Å². The lowest BCUT2D eigenvalue weighted by Crippen LogP contribution is -2.47. The fourth-order valence-corrected chi connectivity index (χ4v) is 2.80. The minimum absolute atomic E-state index is 0.163. The van der Waals surface area contributed by atoms with E-state index in [1.807, 2.05) is 0 Å². The van der Waals surface area contributed by atoms with Crippen LogP contribution in [0.15, 0.2) is 0 Å².